The van der Waals surface area contributed by atoms with Gasteiger partial charge < -0.3 is 19.5 Å². The van der Waals surface area contributed by atoms with Gasteiger partial charge in [-0.2, -0.15) is 0 Å². The third-order valence-electron chi connectivity index (χ3n) is 6.76. The molecule has 3 unspecified atom stereocenters. The zero-order valence-electron chi connectivity index (χ0n) is 19.8. The van der Waals surface area contributed by atoms with E-state index in [9.17, 15) is 8.42 Å². The fourth-order valence-electron chi connectivity index (χ4n) is 5.08. The highest BCUT2D eigenvalue weighted by Crippen LogP contribution is 2.52. The lowest BCUT2D eigenvalue weighted by molar-refractivity contribution is 0.341. The summed E-state index contributed by atoms with van der Waals surface area (Å²) in [4.78, 5) is 0.227. The standard InChI is InChI=1S/C27H28N2O5S/c1-32-18-12-10-17(11-13-18)29-35(30,31)19-14-15-24-23(16-19)20-6-4-7-21(20)26(28-24)22-8-5-9-25(33-2)27(22)34-3/h4-6,8-16,20-21,26,28-29H,7H2,1-3H3. The van der Waals surface area contributed by atoms with Crippen LogP contribution in [0.5, 0.6) is 17.2 Å². The number of ether oxygens (including phenoxy) is 3. The molecule has 0 amide bonds. The zero-order chi connectivity index (χ0) is 24.6. The number of hydrogen-bond acceptors (Lipinski definition) is 6. The van der Waals surface area contributed by atoms with E-state index in [1.165, 1.54) is 0 Å². The molecule has 8 heteroatoms. The quantitative estimate of drug-likeness (QED) is 0.433. The van der Waals surface area contributed by atoms with E-state index >= 15 is 0 Å². The van der Waals surface area contributed by atoms with Crippen LogP contribution < -0.4 is 24.2 Å². The predicted octanol–water partition coefficient (Wildman–Crippen LogP) is 5.34. The summed E-state index contributed by atoms with van der Waals surface area (Å²) in [7, 11) is 1.09. The molecule has 0 spiro atoms. The molecule has 5 rings (SSSR count). The van der Waals surface area contributed by atoms with E-state index in [4.69, 9.17) is 14.2 Å². The van der Waals surface area contributed by atoms with Gasteiger partial charge in [0.15, 0.2) is 11.5 Å². The van der Waals surface area contributed by atoms with E-state index in [1.54, 1.807) is 57.7 Å². The summed E-state index contributed by atoms with van der Waals surface area (Å²) >= 11 is 0. The van der Waals surface area contributed by atoms with Crippen LogP contribution in [0, 0.1) is 5.92 Å². The van der Waals surface area contributed by atoms with E-state index in [0.29, 0.717) is 22.9 Å². The van der Waals surface area contributed by atoms with E-state index < -0.39 is 10.0 Å². The smallest absolute Gasteiger partial charge is 0.261 e. The number of hydrogen-bond donors (Lipinski definition) is 2. The van der Waals surface area contributed by atoms with Crippen molar-refractivity contribution in [2.24, 2.45) is 5.92 Å². The molecule has 0 aromatic heterocycles. The summed E-state index contributed by atoms with van der Waals surface area (Å²) in [5.74, 6) is 2.36. The Labute approximate surface area is 205 Å². The Morgan fingerprint density at radius 3 is 2.43 bits per heavy atom. The molecule has 2 N–H and O–H groups in total. The van der Waals surface area contributed by atoms with Gasteiger partial charge in [0.25, 0.3) is 10.0 Å². The number of rotatable bonds is 7. The van der Waals surface area contributed by atoms with Crippen LogP contribution in [-0.4, -0.2) is 29.7 Å². The second kappa shape index (κ2) is 9.19. The van der Waals surface area contributed by atoms with Crippen LogP contribution in [-0.2, 0) is 10.0 Å². The first-order chi connectivity index (χ1) is 16.9. The molecule has 1 heterocycles. The minimum atomic E-state index is -3.76. The number of anilines is 2. The Morgan fingerprint density at radius 1 is 0.914 bits per heavy atom. The number of para-hydroxylation sites is 1. The van der Waals surface area contributed by atoms with Gasteiger partial charge in [-0.1, -0.05) is 24.3 Å². The summed E-state index contributed by atoms with van der Waals surface area (Å²) in [5, 5.41) is 3.65. The number of fused-ring (bicyclic) bond motifs is 3. The Hall–Kier alpha value is -3.65. The monoisotopic (exact) mass is 492 g/mol. The van der Waals surface area contributed by atoms with E-state index in [-0.39, 0.29) is 22.8 Å². The third-order valence-corrected chi connectivity index (χ3v) is 8.13. The molecule has 3 aromatic carbocycles. The minimum Gasteiger partial charge on any atom is -0.497 e. The molecule has 35 heavy (non-hydrogen) atoms. The van der Waals surface area contributed by atoms with Gasteiger partial charge in [0.2, 0.25) is 0 Å². The highest BCUT2D eigenvalue weighted by molar-refractivity contribution is 7.92. The lowest BCUT2D eigenvalue weighted by Gasteiger charge is -2.38. The topological polar surface area (TPSA) is 85.9 Å². The summed E-state index contributed by atoms with van der Waals surface area (Å²) < 4.78 is 45.4. The number of allylic oxidation sites excluding steroid dienone is 2. The minimum absolute atomic E-state index is 0.00701. The molecule has 1 aliphatic carbocycles. The summed E-state index contributed by atoms with van der Waals surface area (Å²) in [6, 6.07) is 17.9. The molecular weight excluding hydrogens is 464 g/mol. The molecule has 0 saturated carbocycles. The second-order valence-corrected chi connectivity index (χ2v) is 10.3. The Kier molecular flexibility index (Phi) is 6.06. The molecule has 2 aliphatic rings. The van der Waals surface area contributed by atoms with Gasteiger partial charge in [0.1, 0.15) is 5.75 Å². The fourth-order valence-corrected chi connectivity index (χ4v) is 6.17. The molecule has 0 fully saturated rings. The lowest BCUT2D eigenvalue weighted by atomic mass is 9.77. The van der Waals surface area contributed by atoms with Crippen molar-refractivity contribution in [3.05, 3.63) is 83.9 Å². The van der Waals surface area contributed by atoms with Crippen molar-refractivity contribution in [2.75, 3.05) is 31.4 Å². The molecular formula is C27H28N2O5S. The zero-order valence-corrected chi connectivity index (χ0v) is 20.6. The average Bonchev–Trinajstić information content (AvgIpc) is 3.38. The van der Waals surface area contributed by atoms with Crippen molar-refractivity contribution in [3.63, 3.8) is 0 Å². The largest absolute Gasteiger partial charge is 0.497 e. The van der Waals surface area contributed by atoms with Crippen molar-refractivity contribution < 1.29 is 22.6 Å². The summed E-state index contributed by atoms with van der Waals surface area (Å²) in [6.07, 6.45) is 5.23. The average molecular weight is 493 g/mol. The summed E-state index contributed by atoms with van der Waals surface area (Å²) in [5.41, 5.74) is 3.38. The number of sulfonamides is 1. The van der Waals surface area contributed by atoms with Gasteiger partial charge in [0.05, 0.1) is 32.3 Å². The van der Waals surface area contributed by atoms with Crippen LogP contribution in [0.4, 0.5) is 11.4 Å². The van der Waals surface area contributed by atoms with Gasteiger partial charge in [-0.05, 0) is 66.4 Å². The van der Waals surface area contributed by atoms with Crippen LogP contribution in [0.1, 0.15) is 29.5 Å². The first-order valence-electron chi connectivity index (χ1n) is 11.4. The van der Waals surface area contributed by atoms with Gasteiger partial charge in [-0.15, -0.1) is 0 Å². The first kappa shape index (κ1) is 23.1. The van der Waals surface area contributed by atoms with Gasteiger partial charge in [-0.3, -0.25) is 4.72 Å². The predicted molar refractivity (Wildman–Crippen MR) is 136 cm³/mol. The maximum absolute atomic E-state index is 13.2. The molecule has 3 aromatic rings. The van der Waals surface area contributed by atoms with Crippen LogP contribution in [0.25, 0.3) is 0 Å². The van der Waals surface area contributed by atoms with Crippen LogP contribution in [0.2, 0.25) is 0 Å². The molecule has 3 atom stereocenters. The van der Waals surface area contributed by atoms with Crippen molar-refractivity contribution in [1.82, 2.24) is 0 Å². The lowest BCUT2D eigenvalue weighted by Crippen LogP contribution is -2.29. The Bertz CT molecular complexity index is 1370. The highest BCUT2D eigenvalue weighted by atomic mass is 32.2. The highest BCUT2D eigenvalue weighted by Gasteiger charge is 2.40. The van der Waals surface area contributed by atoms with Gasteiger partial charge >= 0.3 is 0 Å². The van der Waals surface area contributed by atoms with E-state index in [1.807, 2.05) is 18.2 Å². The van der Waals surface area contributed by atoms with E-state index in [0.717, 1.165) is 23.2 Å². The normalized spacial score (nSPS) is 20.4. The van der Waals surface area contributed by atoms with Crippen molar-refractivity contribution in [1.29, 1.82) is 0 Å². The Morgan fingerprint density at radius 2 is 1.71 bits per heavy atom. The fraction of sp³-hybridized carbons (Fsp3) is 0.259. The number of methoxy groups -OCH3 is 3. The SMILES string of the molecule is COc1ccc(NS(=O)(=O)c2ccc3c(c2)C2C=CCC2C(c2cccc(OC)c2OC)N3)cc1. The third kappa shape index (κ3) is 4.18. The molecule has 7 nitrogen and oxygen atoms in total. The van der Waals surface area contributed by atoms with Crippen LogP contribution in [0.3, 0.4) is 0 Å². The first-order valence-corrected chi connectivity index (χ1v) is 12.9. The van der Waals surface area contributed by atoms with Gasteiger partial charge in [-0.25, -0.2) is 8.42 Å². The maximum Gasteiger partial charge on any atom is 0.261 e. The van der Waals surface area contributed by atoms with Crippen molar-refractivity contribution >= 4 is 21.4 Å². The van der Waals surface area contributed by atoms with Gasteiger partial charge in [0, 0.05) is 22.9 Å². The van der Waals surface area contributed by atoms with Crippen molar-refractivity contribution in [2.45, 2.75) is 23.3 Å². The van der Waals surface area contributed by atoms with Crippen LogP contribution >= 0.6 is 0 Å². The second-order valence-electron chi connectivity index (χ2n) is 8.64. The van der Waals surface area contributed by atoms with Crippen molar-refractivity contribution in [3.8, 4) is 17.2 Å². The number of benzene rings is 3. The number of nitrogens with one attached hydrogen (secondary N) is 2. The molecule has 1 aliphatic heterocycles. The van der Waals surface area contributed by atoms with Crippen LogP contribution in [0.15, 0.2) is 77.7 Å². The molecule has 0 saturated heterocycles. The molecule has 0 radical (unpaired) electrons. The maximum atomic E-state index is 13.2. The van der Waals surface area contributed by atoms with E-state index in [2.05, 4.69) is 28.3 Å². The Balaban J connectivity index is 1.48. The summed E-state index contributed by atoms with van der Waals surface area (Å²) in [6.45, 7) is 0. The molecule has 182 valence electrons. The molecule has 0 bridgehead atoms.